The summed E-state index contributed by atoms with van der Waals surface area (Å²) in [6.07, 6.45) is 3.24. The van der Waals surface area contributed by atoms with Gasteiger partial charge in [-0.25, -0.2) is 0 Å². The number of nitrogens with one attached hydrogen (secondary N) is 1. The Balaban J connectivity index is 1.55. The number of carbonyl (C=O) groups is 1. The molecule has 6 heteroatoms. The molecule has 3 aromatic rings. The van der Waals surface area contributed by atoms with E-state index in [1.54, 1.807) is 35.0 Å². The number of anilines is 1. The molecule has 0 unspecified atom stereocenters. The SMILES string of the molecule is O=C(Nc1ccc(=O)n(Cc2ccccc2Cl)c1)C1(c2ccc(Cl)cc2)CC1. The summed E-state index contributed by atoms with van der Waals surface area (Å²) >= 11 is 12.2. The molecule has 4 rings (SSSR count). The third kappa shape index (κ3) is 3.71. The van der Waals surface area contributed by atoms with Crippen LogP contribution in [0.3, 0.4) is 0 Å². The lowest BCUT2D eigenvalue weighted by atomic mass is 9.95. The first-order valence-electron chi connectivity index (χ1n) is 8.99. The molecule has 1 aliphatic rings. The Labute approximate surface area is 172 Å². The molecule has 1 fully saturated rings. The van der Waals surface area contributed by atoms with Crippen LogP contribution in [-0.2, 0) is 16.8 Å². The van der Waals surface area contributed by atoms with Crippen LogP contribution >= 0.6 is 23.2 Å². The molecule has 4 nitrogen and oxygen atoms in total. The monoisotopic (exact) mass is 412 g/mol. The van der Waals surface area contributed by atoms with Gasteiger partial charge in [0.2, 0.25) is 5.91 Å². The maximum Gasteiger partial charge on any atom is 0.250 e. The Morgan fingerprint density at radius 1 is 1.00 bits per heavy atom. The van der Waals surface area contributed by atoms with E-state index in [2.05, 4.69) is 5.32 Å². The zero-order valence-electron chi connectivity index (χ0n) is 15.0. The average Bonchev–Trinajstić information content (AvgIpc) is 3.49. The van der Waals surface area contributed by atoms with Crippen molar-refractivity contribution in [3.05, 3.63) is 98.4 Å². The van der Waals surface area contributed by atoms with Crippen LogP contribution in [0.4, 0.5) is 5.69 Å². The first kappa shape index (κ1) is 18.8. The summed E-state index contributed by atoms with van der Waals surface area (Å²) in [5.74, 6) is -0.0715. The maximum absolute atomic E-state index is 12.9. The summed E-state index contributed by atoms with van der Waals surface area (Å²) in [6, 6.07) is 17.9. The van der Waals surface area contributed by atoms with Gasteiger partial charge in [0.1, 0.15) is 0 Å². The van der Waals surface area contributed by atoms with Crippen molar-refractivity contribution in [1.82, 2.24) is 4.57 Å². The number of hydrogen-bond acceptors (Lipinski definition) is 2. The zero-order valence-corrected chi connectivity index (χ0v) is 16.5. The molecule has 1 saturated carbocycles. The smallest absolute Gasteiger partial charge is 0.250 e. The van der Waals surface area contributed by atoms with Gasteiger partial charge in [0.25, 0.3) is 5.56 Å². The van der Waals surface area contributed by atoms with E-state index in [0.29, 0.717) is 22.3 Å². The summed E-state index contributed by atoms with van der Waals surface area (Å²) < 4.78 is 1.54. The van der Waals surface area contributed by atoms with Crippen molar-refractivity contribution in [2.24, 2.45) is 0 Å². The van der Waals surface area contributed by atoms with Gasteiger partial charge < -0.3 is 9.88 Å². The highest BCUT2D eigenvalue weighted by Crippen LogP contribution is 2.49. The number of benzene rings is 2. The molecular weight excluding hydrogens is 395 g/mol. The number of amides is 1. The van der Waals surface area contributed by atoms with Gasteiger partial charge in [-0.15, -0.1) is 0 Å². The van der Waals surface area contributed by atoms with Crippen LogP contribution in [0, 0.1) is 0 Å². The van der Waals surface area contributed by atoms with Crippen LogP contribution in [0.1, 0.15) is 24.0 Å². The van der Waals surface area contributed by atoms with Gasteiger partial charge in [-0.2, -0.15) is 0 Å². The number of nitrogens with zero attached hydrogens (tertiary/aromatic N) is 1. The van der Waals surface area contributed by atoms with E-state index in [0.717, 1.165) is 24.0 Å². The lowest BCUT2D eigenvalue weighted by Crippen LogP contribution is -2.29. The van der Waals surface area contributed by atoms with Crippen molar-refractivity contribution in [3.63, 3.8) is 0 Å². The topological polar surface area (TPSA) is 51.1 Å². The van der Waals surface area contributed by atoms with Crippen molar-refractivity contribution in [3.8, 4) is 0 Å². The second-order valence-corrected chi connectivity index (χ2v) is 7.86. The highest BCUT2D eigenvalue weighted by Gasteiger charge is 2.51. The minimum absolute atomic E-state index is 0.0715. The molecule has 1 N–H and O–H groups in total. The van der Waals surface area contributed by atoms with Crippen LogP contribution in [0.5, 0.6) is 0 Å². The van der Waals surface area contributed by atoms with E-state index >= 15 is 0 Å². The van der Waals surface area contributed by atoms with E-state index < -0.39 is 5.41 Å². The first-order chi connectivity index (χ1) is 13.5. The Hall–Kier alpha value is -2.56. The van der Waals surface area contributed by atoms with Gasteiger partial charge in [-0.3, -0.25) is 9.59 Å². The second-order valence-electron chi connectivity index (χ2n) is 7.02. The zero-order chi connectivity index (χ0) is 19.7. The van der Waals surface area contributed by atoms with Crippen molar-refractivity contribution in [1.29, 1.82) is 0 Å². The van der Waals surface area contributed by atoms with Gasteiger partial charge in [0, 0.05) is 22.3 Å². The molecule has 28 heavy (non-hydrogen) atoms. The second kappa shape index (κ2) is 7.46. The summed E-state index contributed by atoms with van der Waals surface area (Å²) in [4.78, 5) is 25.2. The maximum atomic E-state index is 12.9. The number of carbonyl (C=O) groups excluding carboxylic acids is 1. The first-order valence-corrected chi connectivity index (χ1v) is 9.75. The predicted molar refractivity (Wildman–Crippen MR) is 112 cm³/mol. The normalized spacial score (nSPS) is 14.5. The van der Waals surface area contributed by atoms with Crippen LogP contribution in [0.15, 0.2) is 71.7 Å². The Bertz CT molecular complexity index is 1090. The molecule has 0 bridgehead atoms. The number of hydrogen-bond donors (Lipinski definition) is 1. The third-order valence-electron chi connectivity index (χ3n) is 5.12. The molecular formula is C22H18Cl2N2O2. The van der Waals surface area contributed by atoms with Gasteiger partial charge in [-0.1, -0.05) is 53.5 Å². The lowest BCUT2D eigenvalue weighted by molar-refractivity contribution is -0.118. The lowest BCUT2D eigenvalue weighted by Gasteiger charge is -2.17. The Kier molecular flexibility index (Phi) is 5.00. The number of pyridine rings is 1. The molecule has 1 aliphatic carbocycles. The van der Waals surface area contributed by atoms with E-state index in [1.165, 1.54) is 6.07 Å². The summed E-state index contributed by atoms with van der Waals surface area (Å²) in [6.45, 7) is 0.338. The minimum Gasteiger partial charge on any atom is -0.324 e. The molecule has 0 spiro atoms. The molecule has 0 radical (unpaired) electrons. The van der Waals surface area contributed by atoms with Gasteiger partial charge in [-0.05, 0) is 48.2 Å². The van der Waals surface area contributed by atoms with Gasteiger partial charge in [0.05, 0.1) is 17.6 Å². The van der Waals surface area contributed by atoms with Crippen molar-refractivity contribution >= 4 is 34.8 Å². The molecule has 2 aromatic carbocycles. The fraction of sp³-hybridized carbons (Fsp3) is 0.182. The van der Waals surface area contributed by atoms with E-state index in [1.807, 2.05) is 30.3 Å². The largest absolute Gasteiger partial charge is 0.324 e. The van der Waals surface area contributed by atoms with Crippen LogP contribution < -0.4 is 10.9 Å². The molecule has 142 valence electrons. The van der Waals surface area contributed by atoms with Crippen molar-refractivity contribution in [2.75, 3.05) is 5.32 Å². The predicted octanol–water partition coefficient (Wildman–Crippen LogP) is 4.87. The highest BCUT2D eigenvalue weighted by atomic mass is 35.5. The minimum atomic E-state index is -0.520. The van der Waals surface area contributed by atoms with Crippen LogP contribution in [0.25, 0.3) is 0 Å². The van der Waals surface area contributed by atoms with E-state index in [4.69, 9.17) is 23.2 Å². The number of aromatic nitrogens is 1. The van der Waals surface area contributed by atoms with Gasteiger partial charge in [0.15, 0.2) is 0 Å². The van der Waals surface area contributed by atoms with Crippen molar-refractivity contribution in [2.45, 2.75) is 24.8 Å². The summed E-state index contributed by atoms with van der Waals surface area (Å²) in [7, 11) is 0. The highest BCUT2D eigenvalue weighted by molar-refractivity contribution is 6.31. The van der Waals surface area contributed by atoms with E-state index in [-0.39, 0.29) is 11.5 Å². The summed E-state index contributed by atoms with van der Waals surface area (Å²) in [5, 5.41) is 4.21. The number of halogens is 2. The fourth-order valence-corrected chi connectivity index (χ4v) is 3.65. The fourth-order valence-electron chi connectivity index (χ4n) is 3.33. The molecule has 0 saturated heterocycles. The quantitative estimate of drug-likeness (QED) is 0.649. The van der Waals surface area contributed by atoms with E-state index in [9.17, 15) is 9.59 Å². The van der Waals surface area contributed by atoms with Crippen molar-refractivity contribution < 1.29 is 4.79 Å². The average molecular weight is 413 g/mol. The standard InChI is InChI=1S/C22H18Cl2N2O2/c23-17-7-5-16(6-8-17)22(11-12-22)21(28)25-18-9-10-20(27)26(14-18)13-15-3-1-2-4-19(15)24/h1-10,14H,11-13H2,(H,25,28). The molecule has 1 aromatic heterocycles. The van der Waals surface area contributed by atoms with Gasteiger partial charge >= 0.3 is 0 Å². The van der Waals surface area contributed by atoms with Crippen LogP contribution in [0.2, 0.25) is 10.0 Å². The Morgan fingerprint density at radius 2 is 1.71 bits per heavy atom. The Morgan fingerprint density at radius 3 is 2.39 bits per heavy atom. The molecule has 0 aliphatic heterocycles. The summed E-state index contributed by atoms with van der Waals surface area (Å²) in [5.41, 5.74) is 1.70. The molecule has 1 heterocycles. The van der Waals surface area contributed by atoms with Crippen LogP contribution in [-0.4, -0.2) is 10.5 Å². The molecule has 1 amide bonds. The molecule has 0 atom stereocenters. The number of rotatable bonds is 5. The third-order valence-corrected chi connectivity index (χ3v) is 5.74.